The molecule has 1 aliphatic heterocycles. The molecule has 0 aliphatic carbocycles. The highest BCUT2D eigenvalue weighted by Gasteiger charge is 2.26. The molecule has 2 aromatic heterocycles. The number of carbonyl (C=O) groups excluding carboxylic acids is 1. The first-order valence-corrected chi connectivity index (χ1v) is 11.9. The molecule has 12 heteroatoms. The number of hydrogen-bond acceptors (Lipinski definition) is 8. The minimum atomic E-state index is -3.93. The molecule has 1 fully saturated rings. The van der Waals surface area contributed by atoms with Gasteiger partial charge in [-0.2, -0.15) is 5.10 Å². The summed E-state index contributed by atoms with van der Waals surface area (Å²) in [7, 11) is -3.93. The van der Waals surface area contributed by atoms with E-state index in [4.69, 9.17) is 5.14 Å². The number of aromatic nitrogens is 4. The smallest absolute Gasteiger partial charge is 0.238 e. The Morgan fingerprint density at radius 1 is 1.17 bits per heavy atom. The maximum Gasteiger partial charge on any atom is 0.238 e. The zero-order chi connectivity index (χ0) is 21.6. The van der Waals surface area contributed by atoms with Gasteiger partial charge in [-0.25, -0.2) is 18.2 Å². The second-order valence-corrected chi connectivity index (χ2v) is 10.3. The number of nitrogens with two attached hydrogens (primary N) is 1. The Morgan fingerprint density at radius 3 is 2.43 bits per heavy atom. The van der Waals surface area contributed by atoms with E-state index in [1.54, 1.807) is 16.9 Å². The van der Waals surface area contributed by atoms with Gasteiger partial charge < -0.3 is 9.80 Å². The fraction of sp³-hybridized carbons (Fsp3) is 0.444. The third kappa shape index (κ3) is 3.77. The third-order valence-corrected chi connectivity index (χ3v) is 6.80. The van der Waals surface area contributed by atoms with Gasteiger partial charge in [0.2, 0.25) is 21.1 Å². The van der Waals surface area contributed by atoms with Crippen molar-refractivity contribution in [3.63, 3.8) is 0 Å². The van der Waals surface area contributed by atoms with Crippen molar-refractivity contribution in [2.75, 3.05) is 31.1 Å². The number of carbonyl (C=O) groups is 1. The minimum Gasteiger partial charge on any atom is -0.367 e. The van der Waals surface area contributed by atoms with Crippen LogP contribution in [0.1, 0.15) is 18.9 Å². The normalized spacial score (nSPS) is 15.4. The lowest BCUT2D eigenvalue weighted by atomic mass is 10.1. The van der Waals surface area contributed by atoms with Crippen molar-refractivity contribution in [3.05, 3.63) is 23.3 Å². The van der Waals surface area contributed by atoms with Gasteiger partial charge >= 0.3 is 0 Å². The quantitative estimate of drug-likeness (QED) is 0.632. The summed E-state index contributed by atoms with van der Waals surface area (Å²) >= 11 is 1.36. The molecule has 160 valence electrons. The molecule has 4 rings (SSSR count). The van der Waals surface area contributed by atoms with Crippen LogP contribution in [-0.2, 0) is 14.8 Å². The molecular weight excluding hydrogens is 426 g/mol. The fourth-order valence-corrected chi connectivity index (χ4v) is 4.78. The summed E-state index contributed by atoms with van der Waals surface area (Å²) in [5, 5.41) is 20.1. The standard InChI is InChI=1S/C18H23N7O3S2/c1-11(2)17(26)24-6-4-23(5-7-24)15-8-13(30(19,27)28)9-16-14(15)10-20-25(16)18-22-21-12(3)29-18/h8-11H,4-7H2,1-3H3,(H2,19,27,28). The molecule has 0 radical (unpaired) electrons. The summed E-state index contributed by atoms with van der Waals surface area (Å²) in [6, 6.07) is 3.09. The van der Waals surface area contributed by atoms with Gasteiger partial charge in [-0.3, -0.25) is 4.79 Å². The number of anilines is 1. The monoisotopic (exact) mass is 449 g/mol. The second kappa shape index (κ2) is 7.60. The Morgan fingerprint density at radius 2 is 1.87 bits per heavy atom. The first-order chi connectivity index (χ1) is 14.1. The molecule has 0 saturated carbocycles. The van der Waals surface area contributed by atoms with Crippen molar-refractivity contribution >= 4 is 43.9 Å². The molecule has 3 aromatic rings. The van der Waals surface area contributed by atoms with E-state index < -0.39 is 10.0 Å². The summed E-state index contributed by atoms with van der Waals surface area (Å²) < 4.78 is 25.9. The Kier molecular flexibility index (Phi) is 5.24. The number of fused-ring (bicyclic) bond motifs is 1. The van der Waals surface area contributed by atoms with Crippen molar-refractivity contribution in [3.8, 4) is 5.13 Å². The van der Waals surface area contributed by atoms with E-state index in [2.05, 4.69) is 20.2 Å². The summed E-state index contributed by atoms with van der Waals surface area (Å²) in [5.74, 6) is 0.0695. The summed E-state index contributed by atoms with van der Waals surface area (Å²) in [5.41, 5.74) is 1.31. The topological polar surface area (TPSA) is 127 Å². The predicted octanol–water partition coefficient (Wildman–Crippen LogP) is 1.14. The molecule has 0 bridgehead atoms. The zero-order valence-corrected chi connectivity index (χ0v) is 18.6. The zero-order valence-electron chi connectivity index (χ0n) is 16.9. The van der Waals surface area contributed by atoms with E-state index in [1.165, 1.54) is 17.4 Å². The van der Waals surface area contributed by atoms with Gasteiger partial charge in [0.15, 0.2) is 0 Å². The van der Waals surface area contributed by atoms with Crippen molar-refractivity contribution in [1.82, 2.24) is 24.9 Å². The van der Waals surface area contributed by atoms with Crippen LogP contribution in [0.3, 0.4) is 0 Å². The lowest BCUT2D eigenvalue weighted by Gasteiger charge is -2.37. The Bertz CT molecular complexity index is 1210. The van der Waals surface area contributed by atoms with Gasteiger partial charge in [-0.05, 0) is 19.1 Å². The van der Waals surface area contributed by atoms with Crippen molar-refractivity contribution in [2.24, 2.45) is 11.1 Å². The van der Waals surface area contributed by atoms with Crippen LogP contribution >= 0.6 is 11.3 Å². The highest BCUT2D eigenvalue weighted by atomic mass is 32.2. The number of benzene rings is 1. The van der Waals surface area contributed by atoms with Gasteiger partial charge in [0.1, 0.15) is 5.01 Å². The van der Waals surface area contributed by atoms with Gasteiger partial charge in [-0.15, -0.1) is 10.2 Å². The Balaban J connectivity index is 1.76. The summed E-state index contributed by atoms with van der Waals surface area (Å²) in [6.45, 7) is 7.93. The van der Waals surface area contributed by atoms with Crippen LogP contribution in [0.25, 0.3) is 16.0 Å². The van der Waals surface area contributed by atoms with Crippen LogP contribution < -0.4 is 10.0 Å². The van der Waals surface area contributed by atoms with E-state index in [-0.39, 0.29) is 16.7 Å². The number of amides is 1. The van der Waals surface area contributed by atoms with E-state index in [0.717, 1.165) is 16.1 Å². The van der Waals surface area contributed by atoms with Crippen LogP contribution in [0.15, 0.2) is 23.2 Å². The van der Waals surface area contributed by atoms with Gasteiger partial charge in [0.05, 0.1) is 16.6 Å². The van der Waals surface area contributed by atoms with Crippen LogP contribution in [0.5, 0.6) is 0 Å². The molecule has 30 heavy (non-hydrogen) atoms. The molecule has 1 aromatic carbocycles. The van der Waals surface area contributed by atoms with Crippen LogP contribution in [0.2, 0.25) is 0 Å². The fourth-order valence-electron chi connectivity index (χ4n) is 3.57. The number of nitrogens with zero attached hydrogens (tertiary/aromatic N) is 6. The highest BCUT2D eigenvalue weighted by molar-refractivity contribution is 7.89. The molecule has 1 amide bonds. The lowest BCUT2D eigenvalue weighted by Crippen LogP contribution is -2.50. The van der Waals surface area contributed by atoms with Crippen LogP contribution in [0.4, 0.5) is 5.69 Å². The number of aryl methyl sites for hydroxylation is 1. The summed E-state index contributed by atoms with van der Waals surface area (Å²) in [6.07, 6.45) is 1.69. The maximum atomic E-state index is 12.3. The van der Waals surface area contributed by atoms with Crippen LogP contribution in [0, 0.1) is 12.8 Å². The van der Waals surface area contributed by atoms with Crippen molar-refractivity contribution in [1.29, 1.82) is 0 Å². The van der Waals surface area contributed by atoms with Gasteiger partial charge in [0.25, 0.3) is 0 Å². The molecule has 1 aliphatic rings. The Hall–Kier alpha value is -2.57. The first kappa shape index (κ1) is 20.7. The minimum absolute atomic E-state index is 0.00803. The molecule has 0 atom stereocenters. The molecule has 0 unspecified atom stereocenters. The number of piperazine rings is 1. The van der Waals surface area contributed by atoms with E-state index >= 15 is 0 Å². The van der Waals surface area contributed by atoms with Crippen LogP contribution in [-0.4, -0.2) is 65.4 Å². The Labute approximate surface area is 178 Å². The third-order valence-electron chi connectivity index (χ3n) is 5.09. The maximum absolute atomic E-state index is 12.3. The second-order valence-electron chi connectivity index (χ2n) is 7.55. The van der Waals surface area contributed by atoms with E-state index in [9.17, 15) is 13.2 Å². The molecule has 1 saturated heterocycles. The lowest BCUT2D eigenvalue weighted by molar-refractivity contribution is -0.134. The predicted molar refractivity (Wildman–Crippen MR) is 114 cm³/mol. The largest absolute Gasteiger partial charge is 0.367 e. The first-order valence-electron chi connectivity index (χ1n) is 9.54. The molecular formula is C18H23N7O3S2. The highest BCUT2D eigenvalue weighted by Crippen LogP contribution is 2.33. The van der Waals surface area contributed by atoms with E-state index in [1.807, 2.05) is 25.7 Å². The number of primary sulfonamides is 1. The average molecular weight is 450 g/mol. The number of hydrogen-bond donors (Lipinski definition) is 1. The van der Waals surface area contributed by atoms with Crippen molar-refractivity contribution in [2.45, 2.75) is 25.7 Å². The molecule has 10 nitrogen and oxygen atoms in total. The van der Waals surface area contributed by atoms with E-state index in [0.29, 0.717) is 36.8 Å². The average Bonchev–Trinajstić information content (AvgIpc) is 3.31. The number of sulfonamides is 1. The van der Waals surface area contributed by atoms with Gasteiger partial charge in [0, 0.05) is 43.2 Å². The SMILES string of the molecule is Cc1nnc(-n2ncc3c(N4CCN(C(=O)C(C)C)CC4)cc(S(N)(=O)=O)cc32)s1. The molecule has 0 spiro atoms. The molecule has 2 N–H and O–H groups in total. The summed E-state index contributed by atoms with van der Waals surface area (Å²) in [4.78, 5) is 16.2. The van der Waals surface area contributed by atoms with Gasteiger partial charge in [-0.1, -0.05) is 25.2 Å². The number of rotatable bonds is 4. The molecule has 3 heterocycles. The van der Waals surface area contributed by atoms with Crippen molar-refractivity contribution < 1.29 is 13.2 Å².